The van der Waals surface area contributed by atoms with Crippen molar-refractivity contribution in [1.82, 2.24) is 9.97 Å². The standard InChI is InChI=1S/C13H23N3/c1-5-8-10(4)15-13-12(7-3)14-9-11(6-2)16-13/h9-10H,5-8H2,1-4H3,(H,15,16)/t10-/m1/s1. The largest absolute Gasteiger partial charge is 0.366 e. The molecule has 0 amide bonds. The van der Waals surface area contributed by atoms with Crippen LogP contribution in [0.5, 0.6) is 0 Å². The molecule has 0 saturated heterocycles. The zero-order valence-electron chi connectivity index (χ0n) is 10.9. The van der Waals surface area contributed by atoms with Crippen LogP contribution in [-0.4, -0.2) is 16.0 Å². The van der Waals surface area contributed by atoms with E-state index in [2.05, 4.69) is 43.0 Å². The molecule has 3 nitrogen and oxygen atoms in total. The highest BCUT2D eigenvalue weighted by atomic mass is 15.0. The molecule has 0 spiro atoms. The van der Waals surface area contributed by atoms with Crippen LogP contribution in [0.25, 0.3) is 0 Å². The number of aryl methyl sites for hydroxylation is 2. The second-order valence-corrected chi connectivity index (χ2v) is 4.20. The molecule has 16 heavy (non-hydrogen) atoms. The van der Waals surface area contributed by atoms with E-state index in [-0.39, 0.29) is 0 Å². The van der Waals surface area contributed by atoms with Crippen molar-refractivity contribution in [2.24, 2.45) is 0 Å². The van der Waals surface area contributed by atoms with Crippen LogP contribution in [0.2, 0.25) is 0 Å². The Kier molecular flexibility index (Phi) is 5.23. The molecule has 0 aliphatic carbocycles. The van der Waals surface area contributed by atoms with Crippen molar-refractivity contribution in [2.75, 3.05) is 5.32 Å². The molecule has 90 valence electrons. The molecular formula is C13H23N3. The molecule has 0 aromatic carbocycles. The molecule has 1 aromatic rings. The van der Waals surface area contributed by atoms with Crippen LogP contribution in [0.3, 0.4) is 0 Å². The molecule has 1 atom stereocenters. The lowest BCUT2D eigenvalue weighted by Gasteiger charge is -2.16. The third kappa shape index (κ3) is 3.47. The molecular weight excluding hydrogens is 198 g/mol. The van der Waals surface area contributed by atoms with Crippen molar-refractivity contribution in [3.63, 3.8) is 0 Å². The van der Waals surface area contributed by atoms with Gasteiger partial charge in [-0.3, -0.25) is 4.98 Å². The van der Waals surface area contributed by atoms with Gasteiger partial charge < -0.3 is 5.32 Å². The highest BCUT2D eigenvalue weighted by Crippen LogP contribution is 2.14. The fourth-order valence-corrected chi connectivity index (χ4v) is 1.73. The van der Waals surface area contributed by atoms with Gasteiger partial charge in [-0.05, 0) is 26.2 Å². The average Bonchev–Trinajstić information content (AvgIpc) is 2.29. The summed E-state index contributed by atoms with van der Waals surface area (Å²) in [5.41, 5.74) is 2.13. The second kappa shape index (κ2) is 6.46. The van der Waals surface area contributed by atoms with Gasteiger partial charge in [-0.2, -0.15) is 0 Å². The van der Waals surface area contributed by atoms with Gasteiger partial charge in [-0.15, -0.1) is 0 Å². The number of hydrogen-bond donors (Lipinski definition) is 1. The number of nitrogens with one attached hydrogen (secondary N) is 1. The Morgan fingerprint density at radius 3 is 2.56 bits per heavy atom. The quantitative estimate of drug-likeness (QED) is 0.801. The molecule has 0 saturated carbocycles. The monoisotopic (exact) mass is 221 g/mol. The van der Waals surface area contributed by atoms with Gasteiger partial charge in [-0.1, -0.05) is 27.2 Å². The van der Waals surface area contributed by atoms with Gasteiger partial charge >= 0.3 is 0 Å². The smallest absolute Gasteiger partial charge is 0.148 e. The van der Waals surface area contributed by atoms with Crippen LogP contribution in [0, 0.1) is 0 Å². The summed E-state index contributed by atoms with van der Waals surface area (Å²) in [6, 6.07) is 0.469. The van der Waals surface area contributed by atoms with Crippen molar-refractivity contribution in [3.05, 3.63) is 17.6 Å². The van der Waals surface area contributed by atoms with Gasteiger partial charge in [0.25, 0.3) is 0 Å². The van der Waals surface area contributed by atoms with Crippen molar-refractivity contribution in [3.8, 4) is 0 Å². The molecule has 1 N–H and O–H groups in total. The Labute approximate surface area is 98.7 Å². The molecule has 0 fully saturated rings. The molecule has 1 rings (SSSR count). The minimum atomic E-state index is 0.469. The Morgan fingerprint density at radius 2 is 2.00 bits per heavy atom. The van der Waals surface area contributed by atoms with Gasteiger partial charge in [0, 0.05) is 12.2 Å². The minimum absolute atomic E-state index is 0.469. The molecule has 1 aromatic heterocycles. The van der Waals surface area contributed by atoms with E-state index in [1.165, 1.54) is 12.8 Å². The van der Waals surface area contributed by atoms with Crippen LogP contribution < -0.4 is 5.32 Å². The summed E-state index contributed by atoms with van der Waals surface area (Å²) < 4.78 is 0. The Bertz CT molecular complexity index is 323. The maximum atomic E-state index is 4.61. The van der Waals surface area contributed by atoms with Crippen LogP contribution in [0.15, 0.2) is 6.20 Å². The van der Waals surface area contributed by atoms with E-state index in [1.807, 2.05) is 6.20 Å². The summed E-state index contributed by atoms with van der Waals surface area (Å²) >= 11 is 0. The van der Waals surface area contributed by atoms with Crippen LogP contribution in [-0.2, 0) is 12.8 Å². The molecule has 3 heteroatoms. The fourth-order valence-electron chi connectivity index (χ4n) is 1.73. The van der Waals surface area contributed by atoms with Crippen molar-refractivity contribution < 1.29 is 0 Å². The van der Waals surface area contributed by atoms with Gasteiger partial charge in [0.15, 0.2) is 0 Å². The fraction of sp³-hybridized carbons (Fsp3) is 0.692. The lowest BCUT2D eigenvalue weighted by molar-refractivity contribution is 0.684. The molecule has 0 radical (unpaired) electrons. The summed E-state index contributed by atoms with van der Waals surface area (Å²) in [7, 11) is 0. The summed E-state index contributed by atoms with van der Waals surface area (Å²) in [6.45, 7) is 8.62. The van der Waals surface area contributed by atoms with Crippen LogP contribution >= 0.6 is 0 Å². The molecule has 0 aliphatic rings. The summed E-state index contributed by atoms with van der Waals surface area (Å²) in [5, 5.41) is 3.46. The molecule has 1 heterocycles. The van der Waals surface area contributed by atoms with Crippen LogP contribution in [0.4, 0.5) is 5.82 Å². The van der Waals surface area contributed by atoms with Gasteiger partial charge in [0.05, 0.1) is 11.4 Å². The first-order valence-corrected chi connectivity index (χ1v) is 6.32. The number of hydrogen-bond acceptors (Lipinski definition) is 3. The maximum Gasteiger partial charge on any atom is 0.148 e. The Hall–Kier alpha value is -1.12. The molecule has 0 unspecified atom stereocenters. The number of aromatic nitrogens is 2. The van der Waals surface area contributed by atoms with Gasteiger partial charge in [0.1, 0.15) is 5.82 Å². The van der Waals surface area contributed by atoms with Gasteiger partial charge in [0.2, 0.25) is 0 Å². The average molecular weight is 221 g/mol. The lowest BCUT2D eigenvalue weighted by Crippen LogP contribution is -2.18. The van der Waals surface area contributed by atoms with E-state index in [4.69, 9.17) is 0 Å². The highest BCUT2D eigenvalue weighted by Gasteiger charge is 2.08. The molecule has 0 bridgehead atoms. The van der Waals surface area contributed by atoms with E-state index >= 15 is 0 Å². The zero-order chi connectivity index (χ0) is 12.0. The summed E-state index contributed by atoms with van der Waals surface area (Å²) in [5.74, 6) is 0.975. The normalized spacial score (nSPS) is 12.5. The highest BCUT2D eigenvalue weighted by molar-refractivity contribution is 5.41. The number of anilines is 1. The lowest BCUT2D eigenvalue weighted by atomic mass is 10.2. The predicted molar refractivity (Wildman–Crippen MR) is 68.8 cm³/mol. The first-order chi connectivity index (χ1) is 7.71. The minimum Gasteiger partial charge on any atom is -0.366 e. The van der Waals surface area contributed by atoms with Crippen LogP contribution in [0.1, 0.15) is 51.9 Å². The SMILES string of the molecule is CCC[C@@H](C)Nc1nc(CC)cnc1CC. The first kappa shape index (κ1) is 12.9. The first-order valence-electron chi connectivity index (χ1n) is 6.32. The Morgan fingerprint density at radius 1 is 1.25 bits per heavy atom. The summed E-state index contributed by atoms with van der Waals surface area (Å²) in [4.78, 5) is 9.07. The van der Waals surface area contributed by atoms with Crippen molar-refractivity contribution in [2.45, 2.75) is 59.4 Å². The Balaban J connectivity index is 2.82. The van der Waals surface area contributed by atoms with E-state index in [0.717, 1.165) is 30.0 Å². The summed E-state index contributed by atoms with van der Waals surface area (Å²) in [6.07, 6.45) is 6.11. The predicted octanol–water partition coefficient (Wildman–Crippen LogP) is 3.20. The van der Waals surface area contributed by atoms with E-state index in [1.54, 1.807) is 0 Å². The zero-order valence-corrected chi connectivity index (χ0v) is 10.9. The third-order valence-electron chi connectivity index (χ3n) is 2.70. The number of rotatable bonds is 6. The van der Waals surface area contributed by atoms with E-state index in [0.29, 0.717) is 6.04 Å². The third-order valence-corrected chi connectivity index (χ3v) is 2.70. The molecule has 0 aliphatic heterocycles. The van der Waals surface area contributed by atoms with Crippen molar-refractivity contribution in [1.29, 1.82) is 0 Å². The van der Waals surface area contributed by atoms with Gasteiger partial charge in [-0.25, -0.2) is 4.98 Å². The van der Waals surface area contributed by atoms with Crippen molar-refractivity contribution >= 4 is 5.82 Å². The number of nitrogens with zero attached hydrogens (tertiary/aromatic N) is 2. The maximum absolute atomic E-state index is 4.61. The second-order valence-electron chi connectivity index (χ2n) is 4.20. The topological polar surface area (TPSA) is 37.8 Å². The van der Waals surface area contributed by atoms with E-state index in [9.17, 15) is 0 Å². The van der Waals surface area contributed by atoms with E-state index < -0.39 is 0 Å².